The largest absolute Gasteiger partial charge is 0.396 e. The first-order chi connectivity index (χ1) is 10.7. The monoisotopic (exact) mass is 302 g/mol. The first kappa shape index (κ1) is 16.6. The number of aryl methyl sites for hydroxylation is 1. The lowest BCUT2D eigenvalue weighted by Crippen LogP contribution is -2.33. The summed E-state index contributed by atoms with van der Waals surface area (Å²) < 4.78 is 2.07. The van der Waals surface area contributed by atoms with Crippen molar-refractivity contribution in [2.75, 3.05) is 6.61 Å². The van der Waals surface area contributed by atoms with Crippen LogP contribution in [-0.4, -0.2) is 37.4 Å². The molecular formula is C17H26N4O. The van der Waals surface area contributed by atoms with E-state index in [9.17, 15) is 5.11 Å². The highest BCUT2D eigenvalue weighted by molar-refractivity contribution is 5.14. The molecule has 5 nitrogen and oxygen atoms in total. The van der Waals surface area contributed by atoms with Crippen molar-refractivity contribution >= 4 is 0 Å². The van der Waals surface area contributed by atoms with Crippen molar-refractivity contribution in [3.05, 3.63) is 47.5 Å². The third-order valence-electron chi connectivity index (χ3n) is 4.11. The Morgan fingerprint density at radius 3 is 2.41 bits per heavy atom. The molecule has 2 aromatic rings. The summed E-state index contributed by atoms with van der Waals surface area (Å²) in [6, 6.07) is 10.7. The van der Waals surface area contributed by atoms with Crippen molar-refractivity contribution in [3.63, 3.8) is 0 Å². The molecule has 1 heterocycles. The van der Waals surface area contributed by atoms with Crippen LogP contribution in [0.2, 0.25) is 0 Å². The third-order valence-corrected chi connectivity index (χ3v) is 4.11. The van der Waals surface area contributed by atoms with Gasteiger partial charge in [-0.05, 0) is 18.9 Å². The molecule has 22 heavy (non-hydrogen) atoms. The summed E-state index contributed by atoms with van der Waals surface area (Å²) in [6.45, 7) is 6.02. The van der Waals surface area contributed by atoms with Gasteiger partial charge in [0.2, 0.25) is 0 Å². The Balaban J connectivity index is 2.15. The molecule has 1 atom stereocenters. The second-order valence-electron chi connectivity index (χ2n) is 5.70. The van der Waals surface area contributed by atoms with Crippen LogP contribution in [0.15, 0.2) is 30.3 Å². The van der Waals surface area contributed by atoms with Gasteiger partial charge in [0.15, 0.2) is 0 Å². The predicted molar refractivity (Wildman–Crippen MR) is 87.2 cm³/mol. The highest BCUT2D eigenvalue weighted by atomic mass is 16.3. The zero-order valence-electron chi connectivity index (χ0n) is 13.7. The molecule has 0 bridgehead atoms. The standard InChI is InChI=1S/C17H26N4O/c1-4-16-18-19-17(20(16)3)13-21(14(2)10-11-22)12-15-8-6-5-7-9-15/h5-9,14,22H,4,10-13H2,1-3H3. The second-order valence-corrected chi connectivity index (χ2v) is 5.70. The van der Waals surface area contributed by atoms with Crippen LogP contribution in [0.25, 0.3) is 0 Å². The third kappa shape index (κ3) is 4.15. The van der Waals surface area contributed by atoms with Crippen LogP contribution in [0.4, 0.5) is 0 Å². The van der Waals surface area contributed by atoms with Gasteiger partial charge >= 0.3 is 0 Å². The summed E-state index contributed by atoms with van der Waals surface area (Å²) in [5, 5.41) is 17.8. The van der Waals surface area contributed by atoms with Gasteiger partial charge in [-0.25, -0.2) is 0 Å². The van der Waals surface area contributed by atoms with Crippen LogP contribution in [0, 0.1) is 0 Å². The summed E-state index contributed by atoms with van der Waals surface area (Å²) in [5.74, 6) is 1.97. The molecule has 2 rings (SSSR count). The van der Waals surface area contributed by atoms with Crippen molar-refractivity contribution < 1.29 is 5.11 Å². The minimum Gasteiger partial charge on any atom is -0.396 e. The van der Waals surface area contributed by atoms with Crippen molar-refractivity contribution in [1.29, 1.82) is 0 Å². The lowest BCUT2D eigenvalue weighted by molar-refractivity contribution is 0.149. The number of aliphatic hydroxyl groups is 1. The fraction of sp³-hybridized carbons (Fsp3) is 0.529. The quantitative estimate of drug-likeness (QED) is 0.812. The van der Waals surface area contributed by atoms with Crippen LogP contribution in [0.1, 0.15) is 37.5 Å². The highest BCUT2D eigenvalue weighted by Crippen LogP contribution is 2.14. The minimum atomic E-state index is 0.200. The Labute approximate surface area is 132 Å². The summed E-state index contributed by atoms with van der Waals surface area (Å²) in [4.78, 5) is 2.34. The first-order valence-electron chi connectivity index (χ1n) is 7.91. The van der Waals surface area contributed by atoms with E-state index < -0.39 is 0 Å². The van der Waals surface area contributed by atoms with Crippen LogP contribution in [-0.2, 0) is 26.6 Å². The Hall–Kier alpha value is -1.72. The summed E-state index contributed by atoms with van der Waals surface area (Å²) >= 11 is 0. The summed E-state index contributed by atoms with van der Waals surface area (Å²) in [6.07, 6.45) is 1.64. The van der Waals surface area contributed by atoms with E-state index in [1.54, 1.807) is 0 Å². The lowest BCUT2D eigenvalue weighted by Gasteiger charge is -2.28. The van der Waals surface area contributed by atoms with Gasteiger partial charge in [-0.15, -0.1) is 10.2 Å². The SMILES string of the molecule is CCc1nnc(CN(Cc2ccccc2)C(C)CCO)n1C. The van der Waals surface area contributed by atoms with Crippen molar-refractivity contribution in [3.8, 4) is 0 Å². The molecule has 0 radical (unpaired) electrons. The van der Waals surface area contributed by atoms with Gasteiger partial charge in [0, 0.05) is 32.7 Å². The number of aromatic nitrogens is 3. The van der Waals surface area contributed by atoms with E-state index in [0.29, 0.717) is 0 Å². The number of hydrogen-bond donors (Lipinski definition) is 1. The predicted octanol–water partition coefficient (Wildman–Crippen LogP) is 2.15. The van der Waals surface area contributed by atoms with E-state index in [0.717, 1.165) is 37.6 Å². The molecule has 0 aliphatic rings. The van der Waals surface area contributed by atoms with Crippen molar-refractivity contribution in [2.24, 2.45) is 7.05 Å². The van der Waals surface area contributed by atoms with Gasteiger partial charge in [0.05, 0.1) is 6.54 Å². The Morgan fingerprint density at radius 1 is 1.14 bits per heavy atom. The molecular weight excluding hydrogens is 276 g/mol. The van der Waals surface area contributed by atoms with Crippen LogP contribution < -0.4 is 0 Å². The molecule has 0 fully saturated rings. The topological polar surface area (TPSA) is 54.2 Å². The maximum Gasteiger partial charge on any atom is 0.146 e. The van der Waals surface area contributed by atoms with Crippen LogP contribution in [0.5, 0.6) is 0 Å². The summed E-state index contributed by atoms with van der Waals surface area (Å²) in [5.41, 5.74) is 1.27. The molecule has 1 unspecified atom stereocenters. The molecule has 0 aliphatic heterocycles. The minimum absolute atomic E-state index is 0.200. The Bertz CT molecular complexity index is 567. The van der Waals surface area contributed by atoms with Crippen molar-refractivity contribution in [2.45, 2.75) is 45.8 Å². The van der Waals surface area contributed by atoms with E-state index in [1.807, 2.05) is 13.1 Å². The molecule has 1 aromatic heterocycles. The molecule has 120 valence electrons. The molecule has 1 N–H and O–H groups in total. The van der Waals surface area contributed by atoms with Gasteiger partial charge < -0.3 is 9.67 Å². The van der Waals surface area contributed by atoms with E-state index in [2.05, 4.69) is 57.8 Å². The molecule has 0 amide bonds. The number of hydrogen-bond acceptors (Lipinski definition) is 4. The summed E-state index contributed by atoms with van der Waals surface area (Å²) in [7, 11) is 2.02. The maximum atomic E-state index is 9.25. The molecule has 0 aliphatic carbocycles. The highest BCUT2D eigenvalue weighted by Gasteiger charge is 2.18. The van der Waals surface area contributed by atoms with Gasteiger partial charge in [-0.1, -0.05) is 37.3 Å². The maximum absolute atomic E-state index is 9.25. The lowest BCUT2D eigenvalue weighted by atomic mass is 10.1. The zero-order chi connectivity index (χ0) is 15.9. The van der Waals surface area contributed by atoms with E-state index in [4.69, 9.17) is 0 Å². The normalized spacial score (nSPS) is 12.8. The first-order valence-corrected chi connectivity index (χ1v) is 7.91. The molecule has 0 saturated heterocycles. The van der Waals surface area contributed by atoms with Gasteiger partial charge in [-0.2, -0.15) is 0 Å². The van der Waals surface area contributed by atoms with Gasteiger partial charge in [0.25, 0.3) is 0 Å². The number of rotatable bonds is 8. The van der Waals surface area contributed by atoms with E-state index in [-0.39, 0.29) is 12.6 Å². The fourth-order valence-corrected chi connectivity index (χ4v) is 2.58. The number of benzene rings is 1. The number of aliphatic hydroxyl groups excluding tert-OH is 1. The molecule has 5 heteroatoms. The van der Waals surface area contributed by atoms with E-state index in [1.165, 1.54) is 5.56 Å². The van der Waals surface area contributed by atoms with Crippen LogP contribution in [0.3, 0.4) is 0 Å². The molecule has 0 saturated carbocycles. The zero-order valence-corrected chi connectivity index (χ0v) is 13.7. The Morgan fingerprint density at radius 2 is 1.82 bits per heavy atom. The van der Waals surface area contributed by atoms with Gasteiger partial charge in [-0.3, -0.25) is 4.90 Å². The molecule has 1 aromatic carbocycles. The van der Waals surface area contributed by atoms with Crippen LogP contribution >= 0.6 is 0 Å². The number of nitrogens with zero attached hydrogens (tertiary/aromatic N) is 4. The van der Waals surface area contributed by atoms with Gasteiger partial charge in [0.1, 0.15) is 11.6 Å². The second kappa shape index (κ2) is 8.06. The average molecular weight is 302 g/mol. The van der Waals surface area contributed by atoms with E-state index >= 15 is 0 Å². The average Bonchev–Trinajstić information content (AvgIpc) is 2.88. The Kier molecular flexibility index (Phi) is 6.10. The molecule has 0 spiro atoms. The smallest absolute Gasteiger partial charge is 0.146 e. The fourth-order valence-electron chi connectivity index (χ4n) is 2.58. The van der Waals surface area contributed by atoms with Crippen molar-refractivity contribution in [1.82, 2.24) is 19.7 Å².